The van der Waals surface area contributed by atoms with Gasteiger partial charge in [0.2, 0.25) is 5.91 Å². The van der Waals surface area contributed by atoms with Crippen LogP contribution in [0.15, 0.2) is 18.2 Å². The van der Waals surface area contributed by atoms with Crippen LogP contribution in [0, 0.1) is 0 Å². The second-order valence-electron chi connectivity index (χ2n) is 5.67. The third-order valence-electron chi connectivity index (χ3n) is 4.02. The highest BCUT2D eigenvalue weighted by molar-refractivity contribution is 6.04. The van der Waals surface area contributed by atoms with Crippen molar-refractivity contribution >= 4 is 23.2 Å². The summed E-state index contributed by atoms with van der Waals surface area (Å²) in [5, 5.41) is 6.48. The molecule has 0 bridgehead atoms. The van der Waals surface area contributed by atoms with E-state index in [4.69, 9.17) is 0 Å². The number of rotatable bonds is 2. The van der Waals surface area contributed by atoms with Crippen molar-refractivity contribution in [3.63, 3.8) is 0 Å². The molecule has 1 saturated heterocycles. The Morgan fingerprint density at radius 1 is 1.25 bits per heavy atom. The molecule has 0 radical (unpaired) electrons. The minimum Gasteiger partial charge on any atom is -0.325 e. The fourth-order valence-electron chi connectivity index (χ4n) is 2.75. The number of amides is 2. The number of hydrogen-bond donors (Lipinski definition) is 3. The van der Waals surface area contributed by atoms with Crippen molar-refractivity contribution in [1.29, 1.82) is 0 Å². The first-order valence-electron chi connectivity index (χ1n) is 7.06. The molecule has 1 aromatic carbocycles. The third kappa shape index (κ3) is 2.81. The molecule has 5 nitrogen and oxygen atoms in total. The van der Waals surface area contributed by atoms with Crippen molar-refractivity contribution in [3.05, 3.63) is 23.8 Å². The number of hydrogen-bond acceptors (Lipinski definition) is 3. The van der Waals surface area contributed by atoms with Crippen LogP contribution in [0.3, 0.4) is 0 Å². The van der Waals surface area contributed by atoms with Crippen molar-refractivity contribution < 1.29 is 31.5 Å². The van der Waals surface area contributed by atoms with Crippen molar-refractivity contribution in [2.24, 2.45) is 0 Å². The second kappa shape index (κ2) is 5.40. The number of halogens is 5. The fourth-order valence-corrected chi connectivity index (χ4v) is 2.75. The van der Waals surface area contributed by atoms with Crippen molar-refractivity contribution in [1.82, 2.24) is 5.32 Å². The van der Waals surface area contributed by atoms with Gasteiger partial charge in [-0.2, -0.15) is 22.0 Å². The van der Waals surface area contributed by atoms with E-state index in [9.17, 15) is 31.5 Å². The highest BCUT2D eigenvalue weighted by Crippen LogP contribution is 2.41. The Labute approximate surface area is 132 Å². The molecule has 2 aliphatic rings. The lowest BCUT2D eigenvalue weighted by Gasteiger charge is -2.17. The van der Waals surface area contributed by atoms with E-state index in [0.717, 1.165) is 6.07 Å². The molecule has 10 heteroatoms. The van der Waals surface area contributed by atoms with E-state index in [-0.39, 0.29) is 24.2 Å². The van der Waals surface area contributed by atoms with Crippen LogP contribution in [0.25, 0.3) is 0 Å². The first kappa shape index (κ1) is 16.6. The number of alkyl halides is 5. The Morgan fingerprint density at radius 2 is 1.96 bits per heavy atom. The van der Waals surface area contributed by atoms with Gasteiger partial charge < -0.3 is 10.6 Å². The number of fused-ring (bicyclic) bond motifs is 1. The summed E-state index contributed by atoms with van der Waals surface area (Å²) in [5.74, 6) is -5.93. The highest BCUT2D eigenvalue weighted by atomic mass is 19.4. The average Bonchev–Trinajstić information content (AvgIpc) is 3.05. The molecule has 2 atom stereocenters. The van der Waals surface area contributed by atoms with Crippen molar-refractivity contribution in [2.45, 2.75) is 37.0 Å². The van der Waals surface area contributed by atoms with Gasteiger partial charge >= 0.3 is 12.1 Å². The van der Waals surface area contributed by atoms with Gasteiger partial charge in [0.1, 0.15) is 6.04 Å². The maximum Gasteiger partial charge on any atom is 0.403 e. The molecule has 0 unspecified atom stereocenters. The topological polar surface area (TPSA) is 70.2 Å². The lowest BCUT2D eigenvalue weighted by molar-refractivity contribution is -0.152. The van der Waals surface area contributed by atoms with E-state index >= 15 is 0 Å². The van der Waals surface area contributed by atoms with Gasteiger partial charge in [0, 0.05) is 5.69 Å². The minimum atomic E-state index is -4.45. The molecule has 3 rings (SSSR count). The van der Waals surface area contributed by atoms with Gasteiger partial charge in [-0.25, -0.2) is 0 Å². The molecule has 0 spiro atoms. The molecule has 3 N–H and O–H groups in total. The van der Waals surface area contributed by atoms with Crippen LogP contribution in [0.4, 0.5) is 33.3 Å². The van der Waals surface area contributed by atoms with E-state index in [0.29, 0.717) is 0 Å². The molecule has 1 aromatic rings. The van der Waals surface area contributed by atoms with Gasteiger partial charge in [-0.3, -0.25) is 14.9 Å². The molecule has 1 fully saturated rings. The predicted octanol–water partition coefficient (Wildman–Crippen LogP) is 2.35. The molecule has 0 saturated carbocycles. The SMILES string of the molecule is O=C(Nc1ccc2c(c1)C(F)(F)C(=O)N2)[C@H]1CC[C@@H](C(F)(F)F)N1. The third-order valence-corrected chi connectivity index (χ3v) is 4.02. The number of anilines is 2. The average molecular weight is 349 g/mol. The summed E-state index contributed by atoms with van der Waals surface area (Å²) in [5.41, 5.74) is -0.677. The summed E-state index contributed by atoms with van der Waals surface area (Å²) < 4.78 is 65.1. The zero-order valence-corrected chi connectivity index (χ0v) is 12.0. The number of carbonyl (C=O) groups excluding carboxylic acids is 2. The van der Waals surface area contributed by atoms with Gasteiger partial charge in [-0.05, 0) is 31.0 Å². The quantitative estimate of drug-likeness (QED) is 0.718. The Bertz CT molecular complexity index is 704. The lowest BCUT2D eigenvalue weighted by Crippen LogP contribution is -2.44. The van der Waals surface area contributed by atoms with Gasteiger partial charge in [0.05, 0.1) is 17.3 Å². The number of carbonyl (C=O) groups is 2. The maximum atomic E-state index is 13.7. The highest BCUT2D eigenvalue weighted by Gasteiger charge is 2.49. The van der Waals surface area contributed by atoms with Gasteiger partial charge in [0.25, 0.3) is 5.91 Å². The summed E-state index contributed by atoms with van der Waals surface area (Å²) >= 11 is 0. The lowest BCUT2D eigenvalue weighted by atomic mass is 10.1. The summed E-state index contributed by atoms with van der Waals surface area (Å²) in [7, 11) is 0. The molecule has 130 valence electrons. The maximum absolute atomic E-state index is 13.7. The normalized spacial score (nSPS) is 25.3. The molecular formula is C14H12F5N3O2. The predicted molar refractivity (Wildman–Crippen MR) is 73.6 cm³/mol. The number of nitrogens with one attached hydrogen (secondary N) is 3. The molecule has 0 aliphatic carbocycles. The summed E-state index contributed by atoms with van der Waals surface area (Å²) in [6.07, 6.45) is -4.70. The van der Waals surface area contributed by atoms with E-state index < -0.39 is 41.6 Å². The molecule has 2 aliphatic heterocycles. The summed E-state index contributed by atoms with van der Waals surface area (Å²) in [6, 6.07) is 0.588. The van der Waals surface area contributed by atoms with Crippen LogP contribution in [-0.2, 0) is 15.5 Å². The molecular weight excluding hydrogens is 337 g/mol. The zero-order valence-electron chi connectivity index (χ0n) is 12.0. The molecule has 0 aromatic heterocycles. The molecule has 24 heavy (non-hydrogen) atoms. The standard InChI is InChI=1S/C14H12F5N3O2/c15-13(16)7-5-6(1-2-8(7)22-12(13)24)20-11(23)9-3-4-10(21-9)14(17,18)19/h1-2,5,9-10,21H,3-4H2,(H,20,23)(H,22,24)/t9-,10+/m1/s1. The first-order chi connectivity index (χ1) is 11.1. The van der Waals surface area contributed by atoms with Crippen LogP contribution in [0.5, 0.6) is 0 Å². The second-order valence-corrected chi connectivity index (χ2v) is 5.67. The Hall–Kier alpha value is -2.23. The van der Waals surface area contributed by atoms with Gasteiger partial charge in [0.15, 0.2) is 0 Å². The van der Waals surface area contributed by atoms with Crippen molar-refractivity contribution in [2.75, 3.05) is 10.6 Å². The van der Waals surface area contributed by atoms with Gasteiger partial charge in [-0.1, -0.05) is 0 Å². The fraction of sp³-hybridized carbons (Fsp3) is 0.429. The van der Waals surface area contributed by atoms with E-state index in [1.54, 1.807) is 0 Å². The zero-order chi connectivity index (χ0) is 17.7. The minimum absolute atomic E-state index is 0.0167. The molecule has 2 heterocycles. The van der Waals surface area contributed by atoms with E-state index in [1.807, 2.05) is 5.32 Å². The van der Waals surface area contributed by atoms with Crippen LogP contribution >= 0.6 is 0 Å². The first-order valence-corrected chi connectivity index (χ1v) is 7.06. The van der Waals surface area contributed by atoms with Gasteiger partial charge in [-0.15, -0.1) is 0 Å². The van der Waals surface area contributed by atoms with Crippen molar-refractivity contribution in [3.8, 4) is 0 Å². The van der Waals surface area contributed by atoms with E-state index in [2.05, 4.69) is 10.6 Å². The Kier molecular flexibility index (Phi) is 3.74. The smallest absolute Gasteiger partial charge is 0.325 e. The van der Waals surface area contributed by atoms with Crippen LogP contribution in [0.2, 0.25) is 0 Å². The van der Waals surface area contributed by atoms with Crippen LogP contribution in [0.1, 0.15) is 18.4 Å². The molecule has 2 amide bonds. The monoisotopic (exact) mass is 349 g/mol. The summed E-state index contributed by atoms with van der Waals surface area (Å²) in [4.78, 5) is 23.2. The van der Waals surface area contributed by atoms with Crippen LogP contribution in [-0.4, -0.2) is 30.1 Å². The summed E-state index contributed by atoms with van der Waals surface area (Å²) in [6.45, 7) is 0. The Morgan fingerprint density at radius 3 is 2.58 bits per heavy atom. The van der Waals surface area contributed by atoms with Crippen LogP contribution < -0.4 is 16.0 Å². The Balaban J connectivity index is 1.71. The number of benzene rings is 1. The largest absolute Gasteiger partial charge is 0.403 e. The van der Waals surface area contributed by atoms with E-state index in [1.165, 1.54) is 12.1 Å².